The Morgan fingerprint density at radius 3 is 2.50 bits per heavy atom. The molecule has 0 spiro atoms. The predicted octanol–water partition coefficient (Wildman–Crippen LogP) is 0.376. The van der Waals surface area contributed by atoms with Crippen LogP contribution in [0.15, 0.2) is 53.3 Å². The van der Waals surface area contributed by atoms with Crippen molar-refractivity contribution in [3.8, 4) is 11.4 Å². The maximum atomic E-state index is 13.0. The molecular formula is C21H25N9O2. The quantitative estimate of drug-likeness (QED) is 0.146. The number of nitrogens with two attached hydrogens (primary N) is 2. The molecule has 0 atom stereocenters. The number of aromatic nitrogens is 3. The van der Waals surface area contributed by atoms with Gasteiger partial charge in [-0.25, -0.2) is 5.01 Å². The number of anilines is 2. The molecular weight excluding hydrogens is 410 g/mol. The van der Waals surface area contributed by atoms with Crippen LogP contribution in [-0.4, -0.2) is 45.6 Å². The van der Waals surface area contributed by atoms with Crippen LogP contribution in [0.2, 0.25) is 0 Å². The highest BCUT2D eigenvalue weighted by Gasteiger charge is 2.17. The number of carbonyl (C=O) groups excluding carboxylic acids is 1. The number of hydrogen-bond donors (Lipinski definition) is 5. The number of carbonyl (C=O) groups is 1. The molecule has 166 valence electrons. The van der Waals surface area contributed by atoms with E-state index in [4.69, 9.17) is 16.9 Å². The van der Waals surface area contributed by atoms with Gasteiger partial charge in [-0.15, -0.1) is 10.2 Å². The molecule has 0 aliphatic rings. The molecule has 0 aliphatic heterocycles. The fourth-order valence-electron chi connectivity index (χ4n) is 2.94. The zero-order valence-corrected chi connectivity index (χ0v) is 17.8. The Kier molecular flexibility index (Phi) is 6.80. The number of nitrogens with one attached hydrogen (secondary N) is 3. The van der Waals surface area contributed by atoms with E-state index >= 15 is 0 Å². The average molecular weight is 435 g/mol. The van der Waals surface area contributed by atoms with E-state index in [-0.39, 0.29) is 36.5 Å². The maximum Gasteiger partial charge on any atom is 0.298 e. The summed E-state index contributed by atoms with van der Waals surface area (Å²) in [6.45, 7) is -0.00712. The number of hydrogen-bond acceptors (Lipinski definition) is 8. The molecule has 11 nitrogen and oxygen atoms in total. The molecule has 0 aliphatic carbocycles. The van der Waals surface area contributed by atoms with Gasteiger partial charge in [0.05, 0.1) is 0 Å². The second-order valence-corrected chi connectivity index (χ2v) is 7.28. The summed E-state index contributed by atoms with van der Waals surface area (Å²) in [7, 11) is 3.42. The van der Waals surface area contributed by atoms with Gasteiger partial charge in [-0.3, -0.25) is 25.0 Å². The van der Waals surface area contributed by atoms with E-state index in [0.29, 0.717) is 16.8 Å². The van der Waals surface area contributed by atoms with Crippen LogP contribution < -0.4 is 27.8 Å². The van der Waals surface area contributed by atoms with E-state index in [9.17, 15) is 9.59 Å². The topological polar surface area (TPSA) is 168 Å². The summed E-state index contributed by atoms with van der Waals surface area (Å²) in [5.41, 5.74) is 16.1. The number of benzene rings is 2. The molecule has 0 saturated heterocycles. The maximum absolute atomic E-state index is 13.0. The minimum Gasteiger partial charge on any atom is -0.399 e. The Hall–Kier alpha value is -4.25. The molecule has 7 N–H and O–H groups in total. The largest absolute Gasteiger partial charge is 0.399 e. The van der Waals surface area contributed by atoms with Gasteiger partial charge < -0.3 is 16.8 Å². The lowest BCUT2D eigenvalue weighted by atomic mass is 10.1. The van der Waals surface area contributed by atoms with E-state index in [1.807, 2.05) is 0 Å². The Bertz CT molecular complexity index is 1190. The van der Waals surface area contributed by atoms with Crippen molar-refractivity contribution in [3.05, 3.63) is 70.0 Å². The minimum atomic E-state index is -0.493. The smallest absolute Gasteiger partial charge is 0.298 e. The first-order valence-corrected chi connectivity index (χ1v) is 9.72. The summed E-state index contributed by atoms with van der Waals surface area (Å²) in [6, 6.07) is 13.8. The molecule has 0 bridgehead atoms. The zero-order chi connectivity index (χ0) is 23.3. The van der Waals surface area contributed by atoms with Crippen LogP contribution in [-0.2, 0) is 17.9 Å². The standard InChI is InChI=1S/C21H25N9O2/c1-29(2)28-19-21(32)30(20(27-26-19)15-4-3-5-16(22)10-15)12-17(31)25-11-13-6-8-14(9-7-13)18(23)24/h3-10H,11-12,22H2,1-2H3,(H3,23,24)(H,25,31)(H,26,28). The van der Waals surface area contributed by atoms with Crippen LogP contribution in [0, 0.1) is 5.41 Å². The van der Waals surface area contributed by atoms with Crippen molar-refractivity contribution < 1.29 is 4.79 Å². The highest BCUT2D eigenvalue weighted by atomic mass is 16.2. The van der Waals surface area contributed by atoms with Crippen molar-refractivity contribution in [3.63, 3.8) is 0 Å². The van der Waals surface area contributed by atoms with Gasteiger partial charge >= 0.3 is 0 Å². The van der Waals surface area contributed by atoms with Gasteiger partial charge in [0.15, 0.2) is 5.82 Å². The van der Waals surface area contributed by atoms with Gasteiger partial charge in [-0.2, -0.15) is 0 Å². The fourth-order valence-corrected chi connectivity index (χ4v) is 2.94. The van der Waals surface area contributed by atoms with Crippen molar-refractivity contribution in [2.24, 2.45) is 5.73 Å². The number of hydrazine groups is 1. The number of nitrogen functional groups attached to an aromatic ring is 2. The summed E-state index contributed by atoms with van der Waals surface area (Å²) < 4.78 is 1.25. The van der Waals surface area contributed by atoms with Gasteiger partial charge in [0.25, 0.3) is 5.56 Å². The average Bonchev–Trinajstić information content (AvgIpc) is 2.75. The van der Waals surface area contributed by atoms with Crippen LogP contribution >= 0.6 is 0 Å². The summed E-state index contributed by atoms with van der Waals surface area (Å²) >= 11 is 0. The molecule has 3 aromatic rings. The van der Waals surface area contributed by atoms with Crippen LogP contribution in [0.3, 0.4) is 0 Å². The van der Waals surface area contributed by atoms with E-state index in [1.54, 1.807) is 67.6 Å². The lowest BCUT2D eigenvalue weighted by Crippen LogP contribution is -2.36. The number of rotatable bonds is 8. The summed E-state index contributed by atoms with van der Waals surface area (Å²) in [4.78, 5) is 25.7. The minimum absolute atomic E-state index is 0.00438. The summed E-state index contributed by atoms with van der Waals surface area (Å²) in [5, 5.41) is 19.9. The molecule has 0 unspecified atom stereocenters. The molecule has 11 heteroatoms. The second kappa shape index (κ2) is 9.71. The van der Waals surface area contributed by atoms with Gasteiger partial charge in [0, 0.05) is 37.5 Å². The summed E-state index contributed by atoms with van der Waals surface area (Å²) in [6.07, 6.45) is 0. The van der Waals surface area contributed by atoms with E-state index < -0.39 is 5.56 Å². The lowest BCUT2D eigenvalue weighted by molar-refractivity contribution is -0.121. The van der Waals surface area contributed by atoms with E-state index in [1.165, 1.54) is 4.57 Å². The fraction of sp³-hybridized carbons (Fsp3) is 0.190. The molecule has 3 rings (SSSR count). The van der Waals surface area contributed by atoms with Crippen molar-refractivity contribution in [1.29, 1.82) is 5.41 Å². The highest BCUT2D eigenvalue weighted by molar-refractivity contribution is 5.94. The van der Waals surface area contributed by atoms with E-state index in [0.717, 1.165) is 5.56 Å². The normalized spacial score (nSPS) is 10.7. The third-order valence-electron chi connectivity index (χ3n) is 4.48. The molecule has 0 saturated carbocycles. The van der Waals surface area contributed by atoms with Crippen LogP contribution in [0.1, 0.15) is 11.1 Å². The van der Waals surface area contributed by atoms with Crippen molar-refractivity contribution in [1.82, 2.24) is 25.1 Å². The first-order valence-electron chi connectivity index (χ1n) is 9.72. The highest BCUT2D eigenvalue weighted by Crippen LogP contribution is 2.18. The number of amidine groups is 1. The Balaban J connectivity index is 1.84. The number of amides is 1. The van der Waals surface area contributed by atoms with Crippen LogP contribution in [0.4, 0.5) is 11.5 Å². The zero-order valence-electron chi connectivity index (χ0n) is 17.8. The Morgan fingerprint density at radius 1 is 1.16 bits per heavy atom. The first kappa shape index (κ1) is 22.4. The third-order valence-corrected chi connectivity index (χ3v) is 4.48. The number of nitrogens with zero attached hydrogens (tertiary/aromatic N) is 4. The lowest BCUT2D eigenvalue weighted by Gasteiger charge is -2.16. The van der Waals surface area contributed by atoms with Gasteiger partial charge in [-0.05, 0) is 17.7 Å². The monoisotopic (exact) mass is 435 g/mol. The Labute approximate surface area is 184 Å². The Morgan fingerprint density at radius 2 is 1.88 bits per heavy atom. The predicted molar refractivity (Wildman–Crippen MR) is 123 cm³/mol. The van der Waals surface area contributed by atoms with Crippen molar-refractivity contribution in [2.75, 3.05) is 25.3 Å². The molecule has 2 aromatic carbocycles. The second-order valence-electron chi connectivity index (χ2n) is 7.28. The molecule has 0 fully saturated rings. The molecule has 1 amide bonds. The first-order chi connectivity index (χ1) is 15.2. The van der Waals surface area contributed by atoms with Crippen LogP contribution in [0.5, 0.6) is 0 Å². The van der Waals surface area contributed by atoms with Gasteiger partial charge in [0.2, 0.25) is 11.7 Å². The third kappa shape index (κ3) is 5.46. The summed E-state index contributed by atoms with van der Waals surface area (Å²) in [5.74, 6) is -0.180. The molecule has 0 radical (unpaired) electrons. The van der Waals surface area contributed by atoms with Crippen molar-refractivity contribution in [2.45, 2.75) is 13.1 Å². The SMILES string of the molecule is CN(C)Nc1nnc(-c2cccc(N)c2)n(CC(=O)NCc2ccc(C(=N)N)cc2)c1=O. The van der Waals surface area contributed by atoms with Gasteiger partial charge in [0.1, 0.15) is 12.4 Å². The van der Waals surface area contributed by atoms with Crippen LogP contribution in [0.25, 0.3) is 11.4 Å². The van der Waals surface area contributed by atoms with Crippen molar-refractivity contribution >= 4 is 23.2 Å². The van der Waals surface area contributed by atoms with Gasteiger partial charge in [-0.1, -0.05) is 36.4 Å². The van der Waals surface area contributed by atoms with E-state index in [2.05, 4.69) is 20.9 Å². The molecule has 1 heterocycles. The molecule has 1 aromatic heterocycles. The molecule has 32 heavy (non-hydrogen) atoms.